The van der Waals surface area contributed by atoms with Crippen molar-refractivity contribution >= 4 is 22.6 Å². The number of piperazine rings is 1. The van der Waals surface area contributed by atoms with Crippen molar-refractivity contribution in [3.8, 4) is 22.5 Å². The van der Waals surface area contributed by atoms with Crippen LogP contribution in [0.25, 0.3) is 33.4 Å². The van der Waals surface area contributed by atoms with Crippen molar-refractivity contribution in [2.24, 2.45) is 0 Å². The summed E-state index contributed by atoms with van der Waals surface area (Å²) in [6, 6.07) is 19.6. The molecule has 2 heterocycles. The van der Waals surface area contributed by atoms with Crippen LogP contribution in [0.5, 0.6) is 0 Å². The van der Waals surface area contributed by atoms with Gasteiger partial charge in [-0.3, -0.25) is 0 Å². The molecule has 0 bridgehead atoms. The topological polar surface area (TPSA) is 80.8 Å². The molecule has 1 aliphatic carbocycles. The maximum atomic E-state index is 12.1. The second-order valence-electron chi connectivity index (χ2n) is 9.53. The van der Waals surface area contributed by atoms with Crippen LogP contribution in [0.1, 0.15) is 38.1 Å². The Morgan fingerprint density at radius 2 is 1.52 bits per heavy atom. The molecule has 7 nitrogen and oxygen atoms in total. The molecule has 0 saturated carbocycles. The van der Waals surface area contributed by atoms with E-state index in [9.17, 15) is 9.90 Å². The second kappa shape index (κ2) is 14.8. The number of anilines is 1. The first kappa shape index (κ1) is 31.1. The number of hydrogen-bond donors (Lipinski definition) is 3. The Morgan fingerprint density at radius 1 is 0.875 bits per heavy atom. The average Bonchev–Trinajstić information content (AvgIpc) is 2.98. The molecule has 2 aromatic carbocycles. The fourth-order valence-corrected chi connectivity index (χ4v) is 5.22. The number of carbonyl (C=O) groups is 1. The van der Waals surface area contributed by atoms with Gasteiger partial charge in [0.1, 0.15) is 24.4 Å². The summed E-state index contributed by atoms with van der Waals surface area (Å²) in [5, 5.41) is 18.3. The van der Waals surface area contributed by atoms with Gasteiger partial charge in [-0.15, -0.1) is 0 Å². The molecule has 0 radical (unpaired) electrons. The highest BCUT2D eigenvalue weighted by molar-refractivity contribution is 6.07. The number of nitrogens with one attached hydrogen (secondary N) is 2. The Hall–Kier alpha value is -3.39. The molecule has 0 aromatic heterocycles. The monoisotopic (exact) mass is 564 g/mol. The molecular weight excluding hydrogens is 524 g/mol. The third kappa shape index (κ3) is 6.84. The normalized spacial score (nSPS) is 12.8. The van der Waals surface area contributed by atoms with Gasteiger partial charge >= 0.3 is 5.97 Å². The summed E-state index contributed by atoms with van der Waals surface area (Å²) in [5.41, 5.74) is 4.62. The van der Waals surface area contributed by atoms with E-state index in [1.807, 2.05) is 12.1 Å². The predicted molar refractivity (Wildman–Crippen MR) is 161 cm³/mol. The lowest BCUT2D eigenvalue weighted by Gasteiger charge is -2.22. The van der Waals surface area contributed by atoms with Crippen LogP contribution in [0.4, 0.5) is 5.69 Å². The first-order valence-electron chi connectivity index (χ1n) is 14.1. The average molecular weight is 565 g/mol. The molecule has 0 atom stereocenters. The number of fused-ring (bicyclic) bond motifs is 2. The van der Waals surface area contributed by atoms with Crippen LogP contribution in [0.15, 0.2) is 65.1 Å². The first-order valence-corrected chi connectivity index (χ1v) is 14.1. The zero-order chi connectivity index (χ0) is 27.8. The maximum absolute atomic E-state index is 12.1. The molecule has 0 amide bonds. The van der Waals surface area contributed by atoms with Gasteiger partial charge < -0.3 is 37.5 Å². The van der Waals surface area contributed by atoms with Crippen LogP contribution in [0.2, 0.25) is 0 Å². The van der Waals surface area contributed by atoms with Crippen LogP contribution < -0.4 is 37.9 Å². The van der Waals surface area contributed by atoms with Gasteiger partial charge in [0.2, 0.25) is 5.36 Å². The summed E-state index contributed by atoms with van der Waals surface area (Å²) in [7, 11) is 0. The Balaban J connectivity index is 0.000000559. The molecule has 0 unspecified atom stereocenters. The van der Waals surface area contributed by atoms with E-state index in [2.05, 4.69) is 84.2 Å². The van der Waals surface area contributed by atoms with Crippen molar-refractivity contribution in [1.29, 1.82) is 0 Å². The van der Waals surface area contributed by atoms with E-state index in [1.54, 1.807) is 12.1 Å². The minimum atomic E-state index is -0.938. The lowest BCUT2D eigenvalue weighted by molar-refractivity contribution is -0.0000240. The van der Waals surface area contributed by atoms with E-state index in [4.69, 9.17) is 4.42 Å². The lowest BCUT2D eigenvalue weighted by atomic mass is 9.90. The third-order valence-electron chi connectivity index (χ3n) is 7.33. The Labute approximate surface area is 243 Å². The number of carboxylic acid groups (broad SMARTS) is 1. The Bertz CT molecular complexity index is 1440. The van der Waals surface area contributed by atoms with Gasteiger partial charge in [-0.05, 0) is 57.5 Å². The van der Waals surface area contributed by atoms with Crippen molar-refractivity contribution in [3.05, 3.63) is 71.6 Å². The number of nitrogens with zero attached hydrogens (tertiary/aromatic N) is 2. The van der Waals surface area contributed by atoms with E-state index >= 15 is 0 Å². The number of benzene rings is 3. The smallest absolute Gasteiger partial charge is 0.336 e. The highest BCUT2D eigenvalue weighted by Gasteiger charge is 2.22. The number of rotatable bonds is 7. The quantitative estimate of drug-likeness (QED) is 0.234. The van der Waals surface area contributed by atoms with Gasteiger partial charge in [-0.2, -0.15) is 0 Å². The highest BCUT2D eigenvalue weighted by Crippen LogP contribution is 2.42. The van der Waals surface area contributed by atoms with Crippen LogP contribution in [0.3, 0.4) is 0 Å². The van der Waals surface area contributed by atoms with Crippen LogP contribution in [-0.2, 0) is 0 Å². The summed E-state index contributed by atoms with van der Waals surface area (Å²) >= 11 is 0. The molecule has 0 spiro atoms. The summed E-state index contributed by atoms with van der Waals surface area (Å²) in [6.45, 7) is 16.7. The SMILES string of the molecule is C1CNCCN1.CCN(CC)c1ccc2c(-c3ccccc3C(=O)O)c3ccc(=[N+](CC)CC)cc-3oc2c1.[Cl-]. The number of halogens is 1. The highest BCUT2D eigenvalue weighted by atomic mass is 35.5. The zero-order valence-corrected chi connectivity index (χ0v) is 24.7. The van der Waals surface area contributed by atoms with Crippen LogP contribution in [0, 0.1) is 0 Å². The standard InChI is InChI=1S/C28H30N2O3.C4H10N2.ClH/c1-5-29(6-2)19-13-15-23-25(17-19)33-26-18-20(30(7-3)8-4)14-16-24(26)27(23)21-11-9-10-12-22(21)28(31)32;1-2-6-4-3-5-1;/h9-18H,5-8H2,1-4H3;5-6H,1-4H2;1H. The summed E-state index contributed by atoms with van der Waals surface area (Å²) in [5.74, 6) is -0.189. The van der Waals surface area contributed by atoms with Gasteiger partial charge in [-0.25, -0.2) is 9.37 Å². The molecular formula is C32H41ClN4O3. The van der Waals surface area contributed by atoms with Gasteiger partial charge in [0, 0.05) is 73.6 Å². The van der Waals surface area contributed by atoms with Crippen molar-refractivity contribution in [2.45, 2.75) is 27.7 Å². The van der Waals surface area contributed by atoms with E-state index in [0.717, 1.165) is 91.3 Å². The van der Waals surface area contributed by atoms with Crippen molar-refractivity contribution in [2.75, 3.05) is 57.3 Å². The van der Waals surface area contributed by atoms with Crippen LogP contribution >= 0.6 is 0 Å². The van der Waals surface area contributed by atoms with Gasteiger partial charge in [-0.1, -0.05) is 18.2 Å². The predicted octanol–water partition coefficient (Wildman–Crippen LogP) is 1.74. The summed E-state index contributed by atoms with van der Waals surface area (Å²) in [4.78, 5) is 14.3. The molecule has 8 heteroatoms. The molecule has 40 heavy (non-hydrogen) atoms. The van der Waals surface area contributed by atoms with E-state index in [-0.39, 0.29) is 18.0 Å². The van der Waals surface area contributed by atoms with Gasteiger partial charge in [0.25, 0.3) is 0 Å². The minimum Gasteiger partial charge on any atom is -1.00 e. The fraction of sp³-hybridized carbons (Fsp3) is 0.375. The Morgan fingerprint density at radius 3 is 2.10 bits per heavy atom. The maximum Gasteiger partial charge on any atom is 0.336 e. The summed E-state index contributed by atoms with van der Waals surface area (Å²) in [6.07, 6.45) is 0. The number of carboxylic acids is 1. The summed E-state index contributed by atoms with van der Waals surface area (Å²) < 4.78 is 8.74. The van der Waals surface area contributed by atoms with E-state index in [1.165, 1.54) is 0 Å². The van der Waals surface area contributed by atoms with E-state index < -0.39 is 5.97 Å². The number of hydrogen-bond acceptors (Lipinski definition) is 5. The van der Waals surface area contributed by atoms with Gasteiger partial charge in [0.15, 0.2) is 0 Å². The van der Waals surface area contributed by atoms with Crippen molar-refractivity contribution in [1.82, 2.24) is 15.2 Å². The third-order valence-corrected chi connectivity index (χ3v) is 7.33. The molecule has 3 aliphatic rings. The molecule has 1 fully saturated rings. The van der Waals surface area contributed by atoms with E-state index in [0.29, 0.717) is 5.56 Å². The fourth-order valence-electron chi connectivity index (χ4n) is 5.22. The molecule has 2 aliphatic heterocycles. The molecule has 2 aromatic rings. The van der Waals surface area contributed by atoms with Crippen molar-refractivity contribution in [3.63, 3.8) is 0 Å². The number of aromatic carboxylic acids is 1. The largest absolute Gasteiger partial charge is 1.00 e. The minimum absolute atomic E-state index is 0. The van der Waals surface area contributed by atoms with Crippen LogP contribution in [-0.4, -0.2) is 63.4 Å². The second-order valence-corrected chi connectivity index (χ2v) is 9.53. The molecule has 1 saturated heterocycles. The molecule has 3 N–H and O–H groups in total. The lowest BCUT2D eigenvalue weighted by Crippen LogP contribution is -3.00. The molecule has 5 rings (SSSR count). The Kier molecular flexibility index (Phi) is 11.6. The molecule has 214 valence electrons. The zero-order valence-electron chi connectivity index (χ0n) is 24.0. The first-order chi connectivity index (χ1) is 19.0. The van der Waals surface area contributed by atoms with Gasteiger partial charge in [0.05, 0.1) is 11.6 Å². The van der Waals surface area contributed by atoms with Crippen molar-refractivity contribution < 1.29 is 26.7 Å².